The SMILES string of the molecule is C.CCSC(=O)N(C)CC(C)C.CCSC(=O)NC. The average molecular weight is 311 g/mol. The lowest BCUT2D eigenvalue weighted by atomic mass is 10.2. The summed E-state index contributed by atoms with van der Waals surface area (Å²) in [5, 5.41) is 2.72. The van der Waals surface area contributed by atoms with Crippen LogP contribution in [0.5, 0.6) is 0 Å². The van der Waals surface area contributed by atoms with Gasteiger partial charge < -0.3 is 10.2 Å². The van der Waals surface area contributed by atoms with Gasteiger partial charge in [0.1, 0.15) is 0 Å². The summed E-state index contributed by atoms with van der Waals surface area (Å²) in [4.78, 5) is 23.2. The number of rotatable bonds is 4. The van der Waals surface area contributed by atoms with Gasteiger partial charge in [0.2, 0.25) is 0 Å². The molecule has 0 atom stereocenters. The van der Waals surface area contributed by atoms with Crippen molar-refractivity contribution in [1.29, 1.82) is 0 Å². The summed E-state index contributed by atoms with van der Waals surface area (Å²) in [5.74, 6) is 2.27. The van der Waals surface area contributed by atoms with Crippen LogP contribution < -0.4 is 5.32 Å². The molecule has 0 rings (SSSR count). The molecule has 0 fully saturated rings. The molecule has 2 amide bonds. The van der Waals surface area contributed by atoms with E-state index in [1.807, 2.05) is 20.9 Å². The Labute approximate surface area is 127 Å². The number of nitrogens with zero attached hydrogens (tertiary/aromatic N) is 1. The molecule has 4 nitrogen and oxygen atoms in total. The molecule has 0 saturated heterocycles. The van der Waals surface area contributed by atoms with Crippen molar-refractivity contribution in [2.75, 3.05) is 32.1 Å². The van der Waals surface area contributed by atoms with Crippen LogP contribution in [-0.4, -0.2) is 47.5 Å². The Balaban J connectivity index is -0.000000280. The maximum absolute atomic E-state index is 11.2. The maximum atomic E-state index is 11.2. The lowest BCUT2D eigenvalue weighted by Gasteiger charge is -2.17. The van der Waals surface area contributed by atoms with Gasteiger partial charge in [-0.15, -0.1) is 0 Å². The molecule has 0 heterocycles. The lowest BCUT2D eigenvalue weighted by molar-refractivity contribution is 0.228. The van der Waals surface area contributed by atoms with Crippen LogP contribution in [0.4, 0.5) is 9.59 Å². The Kier molecular flexibility index (Phi) is 19.6. The van der Waals surface area contributed by atoms with Crippen molar-refractivity contribution in [2.24, 2.45) is 5.92 Å². The highest BCUT2D eigenvalue weighted by Crippen LogP contribution is 2.07. The highest BCUT2D eigenvalue weighted by Gasteiger charge is 2.08. The van der Waals surface area contributed by atoms with Crippen molar-refractivity contribution < 1.29 is 9.59 Å². The molecular formula is C13H30N2O2S2. The predicted octanol–water partition coefficient (Wildman–Crippen LogP) is 4.16. The molecule has 1 N–H and O–H groups in total. The Morgan fingerprint density at radius 2 is 1.63 bits per heavy atom. The molecule has 0 aliphatic carbocycles. The van der Waals surface area contributed by atoms with E-state index in [1.54, 1.807) is 11.9 Å². The minimum absolute atomic E-state index is 0. The normalized spacial score (nSPS) is 9.00. The van der Waals surface area contributed by atoms with Crippen LogP contribution in [0.2, 0.25) is 0 Å². The van der Waals surface area contributed by atoms with Crippen LogP contribution in [0.3, 0.4) is 0 Å². The number of nitrogens with one attached hydrogen (secondary N) is 1. The van der Waals surface area contributed by atoms with Crippen LogP contribution in [0, 0.1) is 5.92 Å². The quantitative estimate of drug-likeness (QED) is 0.847. The van der Waals surface area contributed by atoms with Crippen LogP contribution in [-0.2, 0) is 0 Å². The molecular weight excluding hydrogens is 280 g/mol. The number of thioether (sulfide) groups is 2. The summed E-state index contributed by atoms with van der Waals surface area (Å²) in [6, 6.07) is 0. The molecule has 0 bridgehead atoms. The number of hydrogen-bond donors (Lipinski definition) is 1. The summed E-state index contributed by atoms with van der Waals surface area (Å²) >= 11 is 2.65. The van der Waals surface area contributed by atoms with Crippen LogP contribution in [0.25, 0.3) is 0 Å². The van der Waals surface area contributed by atoms with Gasteiger partial charge in [0, 0.05) is 20.6 Å². The number of carbonyl (C=O) groups excluding carboxylic acids is 2. The highest BCUT2D eigenvalue weighted by molar-refractivity contribution is 8.13. The van der Waals surface area contributed by atoms with Gasteiger partial charge in [-0.1, -0.05) is 58.6 Å². The van der Waals surface area contributed by atoms with Crippen molar-refractivity contribution in [2.45, 2.75) is 35.1 Å². The van der Waals surface area contributed by atoms with E-state index in [2.05, 4.69) is 19.2 Å². The van der Waals surface area contributed by atoms with Crippen molar-refractivity contribution in [3.8, 4) is 0 Å². The molecule has 6 heteroatoms. The van der Waals surface area contributed by atoms with Gasteiger partial charge >= 0.3 is 0 Å². The Bertz CT molecular complexity index is 237. The van der Waals surface area contributed by atoms with Gasteiger partial charge in [-0.05, 0) is 17.4 Å². The first-order chi connectivity index (χ1) is 8.38. The third-order valence-corrected chi connectivity index (χ3v) is 3.30. The van der Waals surface area contributed by atoms with Gasteiger partial charge in [-0.3, -0.25) is 9.59 Å². The molecule has 19 heavy (non-hydrogen) atoms. The Morgan fingerprint density at radius 3 is 1.89 bits per heavy atom. The number of carbonyl (C=O) groups is 2. The fraction of sp³-hybridized carbons (Fsp3) is 0.846. The fourth-order valence-corrected chi connectivity index (χ4v) is 2.01. The van der Waals surface area contributed by atoms with Crippen molar-refractivity contribution in [3.05, 3.63) is 0 Å². The van der Waals surface area contributed by atoms with Crippen molar-refractivity contribution in [1.82, 2.24) is 10.2 Å². The predicted molar refractivity (Wildman–Crippen MR) is 90.3 cm³/mol. The monoisotopic (exact) mass is 310 g/mol. The fourth-order valence-electron chi connectivity index (χ4n) is 1.06. The standard InChI is InChI=1S/C8H17NOS.C4H9NOS.CH4/c1-5-11-8(10)9(4)6-7(2)3;1-3-7-4(6)5-2;/h7H,5-6H2,1-4H3;3H2,1-2H3,(H,5,6);1H4. The molecule has 116 valence electrons. The largest absolute Gasteiger partial charge is 0.350 e. The minimum atomic E-state index is 0. The zero-order valence-corrected chi connectivity index (χ0v) is 13.9. The summed E-state index contributed by atoms with van der Waals surface area (Å²) in [7, 11) is 3.48. The van der Waals surface area contributed by atoms with Gasteiger partial charge in [-0.25, -0.2) is 0 Å². The second-order valence-electron chi connectivity index (χ2n) is 3.94. The summed E-state index contributed by atoms with van der Waals surface area (Å²) in [6.45, 7) is 9.01. The molecule has 0 spiro atoms. The lowest BCUT2D eigenvalue weighted by Crippen LogP contribution is -2.26. The van der Waals surface area contributed by atoms with Gasteiger partial charge in [0.05, 0.1) is 0 Å². The first kappa shape index (κ1) is 23.7. The van der Waals surface area contributed by atoms with E-state index in [9.17, 15) is 9.59 Å². The molecule has 0 aliphatic heterocycles. The number of amides is 2. The van der Waals surface area contributed by atoms with Gasteiger partial charge in [0.15, 0.2) is 0 Å². The third-order valence-electron chi connectivity index (χ3n) is 1.70. The molecule has 0 unspecified atom stereocenters. The first-order valence-electron chi connectivity index (χ1n) is 6.11. The third kappa shape index (κ3) is 17.6. The molecule has 0 radical (unpaired) electrons. The van der Waals surface area contributed by atoms with Gasteiger partial charge in [-0.2, -0.15) is 0 Å². The van der Waals surface area contributed by atoms with E-state index in [-0.39, 0.29) is 17.9 Å². The topological polar surface area (TPSA) is 49.4 Å². The summed E-state index contributed by atoms with van der Waals surface area (Å²) in [6.07, 6.45) is 0. The molecule has 0 aliphatic rings. The summed E-state index contributed by atoms with van der Waals surface area (Å²) in [5.41, 5.74) is 0. The van der Waals surface area contributed by atoms with E-state index in [4.69, 9.17) is 0 Å². The first-order valence-corrected chi connectivity index (χ1v) is 8.08. The maximum Gasteiger partial charge on any atom is 0.281 e. The van der Waals surface area contributed by atoms with Crippen molar-refractivity contribution >= 4 is 34.0 Å². The number of hydrogen-bond acceptors (Lipinski definition) is 4. The van der Waals surface area contributed by atoms with E-state index in [0.29, 0.717) is 5.92 Å². The second kappa shape index (κ2) is 15.7. The second-order valence-corrected chi connectivity index (χ2v) is 6.40. The zero-order chi connectivity index (χ0) is 14.6. The van der Waals surface area contributed by atoms with Crippen LogP contribution in [0.1, 0.15) is 35.1 Å². The Hall–Kier alpha value is -0.360. The molecule has 0 aromatic carbocycles. The van der Waals surface area contributed by atoms with Crippen LogP contribution >= 0.6 is 23.5 Å². The molecule has 0 aromatic heterocycles. The van der Waals surface area contributed by atoms with Crippen LogP contribution in [0.15, 0.2) is 0 Å². The Morgan fingerprint density at radius 1 is 1.16 bits per heavy atom. The summed E-state index contributed by atoms with van der Waals surface area (Å²) < 4.78 is 0. The smallest absolute Gasteiger partial charge is 0.281 e. The van der Waals surface area contributed by atoms with Crippen molar-refractivity contribution in [3.63, 3.8) is 0 Å². The van der Waals surface area contributed by atoms with E-state index in [1.165, 1.54) is 23.5 Å². The zero-order valence-electron chi connectivity index (χ0n) is 12.3. The molecule has 0 saturated carbocycles. The minimum Gasteiger partial charge on any atom is -0.350 e. The average Bonchev–Trinajstić information content (AvgIpc) is 2.29. The highest BCUT2D eigenvalue weighted by atomic mass is 32.2. The van der Waals surface area contributed by atoms with E-state index in [0.717, 1.165) is 18.1 Å². The van der Waals surface area contributed by atoms with E-state index < -0.39 is 0 Å². The van der Waals surface area contributed by atoms with E-state index >= 15 is 0 Å². The molecule has 0 aromatic rings. The van der Waals surface area contributed by atoms with Gasteiger partial charge in [0.25, 0.3) is 10.5 Å².